The molecule has 0 amide bonds. The maximum absolute atomic E-state index is 2.43. The van der Waals surface area contributed by atoms with Crippen molar-refractivity contribution >= 4 is 0 Å². The summed E-state index contributed by atoms with van der Waals surface area (Å²) in [4.78, 5) is 0. The summed E-state index contributed by atoms with van der Waals surface area (Å²) >= 11 is 0. The highest BCUT2D eigenvalue weighted by Crippen LogP contribution is 2.41. The second-order valence-electron chi connectivity index (χ2n) is 5.72. The molecule has 1 aliphatic rings. The molecule has 3 unspecified atom stereocenters. The molecule has 0 saturated heterocycles. The minimum atomic E-state index is 0.596. The van der Waals surface area contributed by atoms with Crippen LogP contribution in [0.25, 0.3) is 0 Å². The van der Waals surface area contributed by atoms with E-state index in [1.165, 1.54) is 19.3 Å². The van der Waals surface area contributed by atoms with Crippen molar-refractivity contribution in [3.63, 3.8) is 0 Å². The van der Waals surface area contributed by atoms with Gasteiger partial charge in [0.25, 0.3) is 0 Å². The molecule has 1 rings (SSSR count). The zero-order valence-electron chi connectivity index (χ0n) is 9.35. The SMILES string of the molecule is CC1CCC(C)(C)CC(C)C1C. The Kier molecular flexibility index (Phi) is 2.85. The molecule has 12 heavy (non-hydrogen) atoms. The van der Waals surface area contributed by atoms with Gasteiger partial charge in [-0.2, -0.15) is 0 Å². The van der Waals surface area contributed by atoms with Crippen LogP contribution in [0, 0.1) is 23.2 Å². The summed E-state index contributed by atoms with van der Waals surface area (Å²) in [5.41, 5.74) is 0.596. The van der Waals surface area contributed by atoms with Crippen LogP contribution in [0.5, 0.6) is 0 Å². The van der Waals surface area contributed by atoms with Gasteiger partial charge in [-0.1, -0.05) is 34.6 Å². The fraction of sp³-hybridized carbons (Fsp3) is 1.00. The normalized spacial score (nSPS) is 42.2. The lowest BCUT2D eigenvalue weighted by atomic mass is 9.79. The van der Waals surface area contributed by atoms with Gasteiger partial charge < -0.3 is 0 Å². The Hall–Kier alpha value is 0. The van der Waals surface area contributed by atoms with Crippen LogP contribution in [-0.4, -0.2) is 0 Å². The van der Waals surface area contributed by atoms with E-state index in [-0.39, 0.29) is 0 Å². The Balaban J connectivity index is 2.66. The first kappa shape index (κ1) is 10.1. The first-order valence-corrected chi connectivity index (χ1v) is 5.42. The van der Waals surface area contributed by atoms with Crippen molar-refractivity contribution in [3.05, 3.63) is 0 Å². The molecule has 0 nitrogen and oxygen atoms in total. The molecule has 0 aromatic rings. The molecule has 1 saturated carbocycles. The van der Waals surface area contributed by atoms with E-state index >= 15 is 0 Å². The van der Waals surface area contributed by atoms with Gasteiger partial charge in [0.15, 0.2) is 0 Å². The van der Waals surface area contributed by atoms with Crippen LogP contribution in [0.2, 0.25) is 0 Å². The van der Waals surface area contributed by atoms with Crippen molar-refractivity contribution in [1.82, 2.24) is 0 Å². The number of hydrogen-bond donors (Lipinski definition) is 0. The standard InChI is InChI=1S/C12H24/c1-9-6-7-12(4,5)8-10(2)11(9)3/h9-11H,6-8H2,1-5H3. The monoisotopic (exact) mass is 168 g/mol. The third kappa shape index (κ3) is 2.24. The highest BCUT2D eigenvalue weighted by Gasteiger charge is 2.31. The zero-order valence-corrected chi connectivity index (χ0v) is 9.35. The van der Waals surface area contributed by atoms with Gasteiger partial charge in [0, 0.05) is 0 Å². The van der Waals surface area contributed by atoms with E-state index < -0.39 is 0 Å². The van der Waals surface area contributed by atoms with Gasteiger partial charge in [-0.05, 0) is 42.4 Å². The maximum Gasteiger partial charge on any atom is -0.0351 e. The zero-order chi connectivity index (χ0) is 9.35. The Labute approximate surface area is 77.7 Å². The Morgan fingerprint density at radius 3 is 2.17 bits per heavy atom. The average molecular weight is 168 g/mol. The van der Waals surface area contributed by atoms with E-state index in [1.807, 2.05) is 0 Å². The molecule has 0 heterocycles. The van der Waals surface area contributed by atoms with Crippen LogP contribution in [0.4, 0.5) is 0 Å². The van der Waals surface area contributed by atoms with Crippen LogP contribution in [0.3, 0.4) is 0 Å². The van der Waals surface area contributed by atoms with Gasteiger partial charge >= 0.3 is 0 Å². The smallest absolute Gasteiger partial charge is 0.0351 e. The van der Waals surface area contributed by atoms with E-state index in [2.05, 4.69) is 34.6 Å². The summed E-state index contributed by atoms with van der Waals surface area (Å²) in [5, 5.41) is 0. The fourth-order valence-electron chi connectivity index (χ4n) is 2.60. The highest BCUT2D eigenvalue weighted by molar-refractivity contribution is 4.81. The molecule has 0 N–H and O–H groups in total. The molecule has 0 aliphatic heterocycles. The van der Waals surface area contributed by atoms with E-state index in [1.54, 1.807) is 0 Å². The highest BCUT2D eigenvalue weighted by atomic mass is 14.4. The molecule has 3 atom stereocenters. The summed E-state index contributed by atoms with van der Waals surface area (Å²) in [6.45, 7) is 12.1. The lowest BCUT2D eigenvalue weighted by Gasteiger charge is -2.26. The van der Waals surface area contributed by atoms with Crippen molar-refractivity contribution in [1.29, 1.82) is 0 Å². The van der Waals surface area contributed by atoms with Crippen molar-refractivity contribution in [2.45, 2.75) is 53.9 Å². The third-order valence-corrected chi connectivity index (χ3v) is 3.95. The topological polar surface area (TPSA) is 0 Å². The molecule has 0 bridgehead atoms. The van der Waals surface area contributed by atoms with Gasteiger partial charge in [-0.15, -0.1) is 0 Å². The van der Waals surface area contributed by atoms with Crippen LogP contribution in [-0.2, 0) is 0 Å². The van der Waals surface area contributed by atoms with Gasteiger partial charge in [0.1, 0.15) is 0 Å². The molecule has 0 radical (unpaired) electrons. The maximum atomic E-state index is 2.43. The van der Waals surface area contributed by atoms with Crippen LogP contribution >= 0.6 is 0 Å². The van der Waals surface area contributed by atoms with Crippen molar-refractivity contribution in [3.8, 4) is 0 Å². The predicted molar refractivity (Wildman–Crippen MR) is 55.1 cm³/mol. The summed E-state index contributed by atoms with van der Waals surface area (Å²) in [6, 6.07) is 0. The predicted octanol–water partition coefficient (Wildman–Crippen LogP) is 4.10. The first-order valence-electron chi connectivity index (χ1n) is 5.42. The second kappa shape index (κ2) is 3.40. The lowest BCUT2D eigenvalue weighted by molar-refractivity contribution is 0.242. The second-order valence-corrected chi connectivity index (χ2v) is 5.72. The molecule has 0 aromatic carbocycles. The summed E-state index contributed by atoms with van der Waals surface area (Å²) < 4.78 is 0. The lowest BCUT2D eigenvalue weighted by Crippen LogP contribution is -2.17. The molecular weight excluding hydrogens is 144 g/mol. The molecule has 0 spiro atoms. The molecule has 72 valence electrons. The van der Waals surface area contributed by atoms with Crippen molar-refractivity contribution in [2.75, 3.05) is 0 Å². The van der Waals surface area contributed by atoms with E-state index in [0.29, 0.717) is 5.41 Å². The Morgan fingerprint density at radius 2 is 1.58 bits per heavy atom. The quantitative estimate of drug-likeness (QED) is 0.478. The third-order valence-electron chi connectivity index (χ3n) is 3.95. The van der Waals surface area contributed by atoms with E-state index in [4.69, 9.17) is 0 Å². The largest absolute Gasteiger partial charge is 0.0622 e. The summed E-state index contributed by atoms with van der Waals surface area (Å²) in [5.74, 6) is 2.77. The van der Waals surface area contributed by atoms with Crippen LogP contribution < -0.4 is 0 Å². The van der Waals surface area contributed by atoms with E-state index in [9.17, 15) is 0 Å². The number of hydrogen-bond acceptors (Lipinski definition) is 0. The Bertz CT molecular complexity index is 146. The van der Waals surface area contributed by atoms with E-state index in [0.717, 1.165) is 17.8 Å². The van der Waals surface area contributed by atoms with Crippen molar-refractivity contribution in [2.24, 2.45) is 23.2 Å². The molecule has 1 aliphatic carbocycles. The van der Waals surface area contributed by atoms with Crippen LogP contribution in [0.1, 0.15) is 53.9 Å². The minimum absolute atomic E-state index is 0.596. The molecule has 1 fully saturated rings. The fourth-order valence-corrected chi connectivity index (χ4v) is 2.60. The van der Waals surface area contributed by atoms with Crippen molar-refractivity contribution < 1.29 is 0 Å². The van der Waals surface area contributed by atoms with Gasteiger partial charge in [0.05, 0.1) is 0 Å². The molecule has 0 heteroatoms. The molecule has 0 aromatic heterocycles. The average Bonchev–Trinajstić information content (AvgIpc) is 2.03. The summed E-state index contributed by atoms with van der Waals surface area (Å²) in [6.07, 6.45) is 4.26. The Morgan fingerprint density at radius 1 is 1.00 bits per heavy atom. The van der Waals surface area contributed by atoms with Gasteiger partial charge in [-0.25, -0.2) is 0 Å². The number of rotatable bonds is 0. The summed E-state index contributed by atoms with van der Waals surface area (Å²) in [7, 11) is 0. The van der Waals surface area contributed by atoms with Gasteiger partial charge in [0.2, 0.25) is 0 Å². The van der Waals surface area contributed by atoms with Gasteiger partial charge in [-0.3, -0.25) is 0 Å². The molecular formula is C12H24. The minimum Gasteiger partial charge on any atom is -0.0622 e. The first-order chi connectivity index (χ1) is 5.42. The van der Waals surface area contributed by atoms with Crippen LogP contribution in [0.15, 0.2) is 0 Å².